The summed E-state index contributed by atoms with van der Waals surface area (Å²) < 4.78 is 5.27. The highest BCUT2D eigenvalue weighted by Gasteiger charge is 2.21. The molecule has 1 amide bonds. The minimum atomic E-state index is -0.948. The van der Waals surface area contributed by atoms with Gasteiger partial charge in [0.1, 0.15) is 4.88 Å². The van der Waals surface area contributed by atoms with Crippen molar-refractivity contribution in [2.75, 3.05) is 5.32 Å². The van der Waals surface area contributed by atoms with Gasteiger partial charge in [-0.1, -0.05) is 6.92 Å². The first-order valence-electron chi connectivity index (χ1n) is 8.20. The first-order chi connectivity index (χ1) is 12.4. The van der Waals surface area contributed by atoms with Gasteiger partial charge in [-0.25, -0.2) is 9.59 Å². The third kappa shape index (κ3) is 3.70. The summed E-state index contributed by atoms with van der Waals surface area (Å²) in [5, 5.41) is 2.68. The van der Waals surface area contributed by atoms with E-state index in [1.807, 2.05) is 13.8 Å². The van der Waals surface area contributed by atoms with Crippen LogP contribution >= 0.6 is 11.3 Å². The molecule has 8 heteroatoms. The van der Waals surface area contributed by atoms with Gasteiger partial charge < -0.3 is 20.0 Å². The topological polar surface area (TPSA) is 104 Å². The van der Waals surface area contributed by atoms with Gasteiger partial charge in [-0.05, 0) is 50.1 Å². The number of hydrogen-bond donors (Lipinski definition) is 3. The highest BCUT2D eigenvalue weighted by molar-refractivity contribution is 7.14. The molecule has 1 aromatic carbocycles. The lowest BCUT2D eigenvalue weighted by Crippen LogP contribution is -2.29. The minimum absolute atomic E-state index is 0.316. The van der Waals surface area contributed by atoms with Gasteiger partial charge in [0.2, 0.25) is 0 Å². The van der Waals surface area contributed by atoms with Crippen LogP contribution in [0.2, 0.25) is 0 Å². The van der Waals surface area contributed by atoms with Crippen LogP contribution in [0.15, 0.2) is 29.1 Å². The molecular weight excluding hydrogens is 354 g/mol. The van der Waals surface area contributed by atoms with Crippen molar-refractivity contribution in [1.29, 1.82) is 0 Å². The lowest BCUT2D eigenvalue weighted by Gasteiger charge is -2.13. The highest BCUT2D eigenvalue weighted by Crippen LogP contribution is 2.23. The Morgan fingerprint density at radius 3 is 2.65 bits per heavy atom. The molecule has 0 aliphatic carbocycles. The van der Waals surface area contributed by atoms with Crippen molar-refractivity contribution in [3.63, 3.8) is 0 Å². The van der Waals surface area contributed by atoms with E-state index in [-0.39, 0.29) is 5.69 Å². The maximum absolute atomic E-state index is 12.3. The van der Waals surface area contributed by atoms with E-state index in [1.165, 1.54) is 18.3 Å². The van der Waals surface area contributed by atoms with Crippen LogP contribution in [-0.2, 0) is 16.0 Å². The number of anilines is 1. The summed E-state index contributed by atoms with van der Waals surface area (Å²) in [7, 11) is 0. The van der Waals surface area contributed by atoms with Crippen molar-refractivity contribution in [3.8, 4) is 0 Å². The second kappa shape index (κ2) is 7.17. The molecule has 0 saturated heterocycles. The number of aromatic amines is 2. The Morgan fingerprint density at radius 1 is 1.23 bits per heavy atom. The summed E-state index contributed by atoms with van der Waals surface area (Å²) >= 11 is 1.39. The molecule has 26 heavy (non-hydrogen) atoms. The largest absolute Gasteiger partial charge is 0.448 e. The van der Waals surface area contributed by atoms with E-state index in [0.29, 0.717) is 21.6 Å². The van der Waals surface area contributed by atoms with Crippen LogP contribution in [0.1, 0.15) is 34.0 Å². The second-order valence-electron chi connectivity index (χ2n) is 5.95. The standard InChI is InChI=1S/C18H19N3O4S/c1-4-14-9(2)7-15(26-14)17(23)25-10(3)16(22)19-11-5-6-12-13(8-11)21-18(24)20-12/h5-8,10H,4H2,1-3H3,(H,19,22)(H2,20,21,24)/t10-/m0/s1. The van der Waals surface area contributed by atoms with Crippen LogP contribution < -0.4 is 11.0 Å². The van der Waals surface area contributed by atoms with Crippen LogP contribution in [0.5, 0.6) is 0 Å². The number of amides is 1. The quantitative estimate of drug-likeness (QED) is 0.598. The summed E-state index contributed by atoms with van der Waals surface area (Å²) in [5.41, 5.74) is 2.46. The molecule has 0 bridgehead atoms. The van der Waals surface area contributed by atoms with E-state index in [4.69, 9.17) is 4.74 Å². The molecule has 2 heterocycles. The molecule has 0 fully saturated rings. The molecule has 3 rings (SSSR count). The Labute approximate surface area is 153 Å². The van der Waals surface area contributed by atoms with Crippen molar-refractivity contribution < 1.29 is 14.3 Å². The predicted molar refractivity (Wildman–Crippen MR) is 101 cm³/mol. The van der Waals surface area contributed by atoms with Crippen molar-refractivity contribution in [3.05, 3.63) is 50.1 Å². The number of fused-ring (bicyclic) bond motifs is 1. The molecule has 0 radical (unpaired) electrons. The van der Waals surface area contributed by atoms with Crippen LogP contribution in [0.4, 0.5) is 5.69 Å². The van der Waals surface area contributed by atoms with Gasteiger partial charge in [0.15, 0.2) is 6.10 Å². The molecule has 0 aliphatic heterocycles. The predicted octanol–water partition coefficient (Wildman–Crippen LogP) is 2.97. The number of hydrogen-bond acceptors (Lipinski definition) is 5. The van der Waals surface area contributed by atoms with E-state index in [1.54, 1.807) is 24.3 Å². The molecule has 3 N–H and O–H groups in total. The number of H-pyrrole nitrogens is 2. The third-order valence-electron chi connectivity index (χ3n) is 3.98. The van der Waals surface area contributed by atoms with Crippen LogP contribution in [0.25, 0.3) is 11.0 Å². The van der Waals surface area contributed by atoms with Crippen LogP contribution in [0, 0.1) is 6.92 Å². The molecule has 0 aliphatic rings. The van der Waals surface area contributed by atoms with E-state index in [0.717, 1.165) is 16.9 Å². The minimum Gasteiger partial charge on any atom is -0.448 e. The molecule has 1 atom stereocenters. The summed E-state index contributed by atoms with van der Waals surface area (Å²) in [4.78, 5) is 42.7. The first kappa shape index (κ1) is 17.9. The Bertz CT molecular complexity index is 1030. The van der Waals surface area contributed by atoms with Gasteiger partial charge in [0, 0.05) is 10.6 Å². The van der Waals surface area contributed by atoms with Gasteiger partial charge in [-0.2, -0.15) is 0 Å². The SMILES string of the molecule is CCc1sc(C(=O)O[C@@H](C)C(=O)Nc2ccc3[nH]c(=O)[nH]c3c2)cc1C. The first-order valence-corrected chi connectivity index (χ1v) is 9.02. The molecular formula is C18H19N3O4S. The summed E-state index contributed by atoms with van der Waals surface area (Å²) in [6.45, 7) is 5.49. The number of rotatable bonds is 5. The Hall–Kier alpha value is -2.87. The number of esters is 1. The number of carbonyl (C=O) groups excluding carboxylic acids is 2. The average Bonchev–Trinajstić information content (AvgIpc) is 3.15. The molecule has 136 valence electrons. The maximum Gasteiger partial charge on any atom is 0.349 e. The number of aromatic nitrogens is 2. The molecule has 2 aromatic heterocycles. The number of nitrogens with one attached hydrogen (secondary N) is 3. The highest BCUT2D eigenvalue weighted by atomic mass is 32.1. The molecule has 3 aromatic rings. The molecule has 0 unspecified atom stereocenters. The van der Waals surface area contributed by atoms with Crippen molar-refractivity contribution in [2.24, 2.45) is 0 Å². The lowest BCUT2D eigenvalue weighted by molar-refractivity contribution is -0.123. The molecule has 0 spiro atoms. The van der Waals surface area contributed by atoms with Gasteiger partial charge in [0.25, 0.3) is 5.91 Å². The lowest BCUT2D eigenvalue weighted by atomic mass is 10.2. The van der Waals surface area contributed by atoms with Gasteiger partial charge in [0.05, 0.1) is 11.0 Å². The Balaban J connectivity index is 1.66. The Kier molecular flexibility index (Phi) is 4.94. The number of imidazole rings is 1. The normalized spacial score (nSPS) is 12.1. The number of thiophene rings is 1. The van der Waals surface area contributed by atoms with E-state index < -0.39 is 18.0 Å². The van der Waals surface area contributed by atoms with Crippen molar-refractivity contribution in [2.45, 2.75) is 33.3 Å². The zero-order chi connectivity index (χ0) is 18.8. The summed E-state index contributed by atoms with van der Waals surface area (Å²) in [6.07, 6.45) is -0.0975. The van der Waals surface area contributed by atoms with Crippen LogP contribution in [-0.4, -0.2) is 27.9 Å². The average molecular weight is 373 g/mol. The van der Waals surface area contributed by atoms with Gasteiger partial charge >= 0.3 is 11.7 Å². The Morgan fingerprint density at radius 2 is 1.96 bits per heavy atom. The van der Waals surface area contributed by atoms with Gasteiger partial charge in [-0.3, -0.25) is 4.79 Å². The zero-order valence-electron chi connectivity index (χ0n) is 14.6. The summed E-state index contributed by atoms with van der Waals surface area (Å²) in [6, 6.07) is 6.76. The smallest absolute Gasteiger partial charge is 0.349 e. The fourth-order valence-electron chi connectivity index (χ4n) is 2.60. The van der Waals surface area contributed by atoms with Gasteiger partial charge in [-0.15, -0.1) is 11.3 Å². The van der Waals surface area contributed by atoms with E-state index in [9.17, 15) is 14.4 Å². The van der Waals surface area contributed by atoms with Crippen molar-refractivity contribution in [1.82, 2.24) is 9.97 Å². The number of ether oxygens (including phenoxy) is 1. The van der Waals surface area contributed by atoms with Crippen molar-refractivity contribution >= 4 is 39.9 Å². The van der Waals surface area contributed by atoms with E-state index >= 15 is 0 Å². The molecule has 0 saturated carbocycles. The zero-order valence-corrected chi connectivity index (χ0v) is 15.5. The number of aryl methyl sites for hydroxylation is 2. The third-order valence-corrected chi connectivity index (χ3v) is 5.34. The fraction of sp³-hybridized carbons (Fsp3) is 0.278. The number of benzene rings is 1. The maximum atomic E-state index is 12.3. The van der Waals surface area contributed by atoms with E-state index in [2.05, 4.69) is 15.3 Å². The number of carbonyl (C=O) groups is 2. The second-order valence-corrected chi connectivity index (χ2v) is 7.08. The molecule has 7 nitrogen and oxygen atoms in total. The fourth-order valence-corrected chi connectivity index (χ4v) is 3.59. The summed E-state index contributed by atoms with van der Waals surface area (Å²) in [5.74, 6) is -0.953. The monoisotopic (exact) mass is 373 g/mol. The van der Waals surface area contributed by atoms with Crippen LogP contribution in [0.3, 0.4) is 0 Å².